The van der Waals surface area contributed by atoms with Gasteiger partial charge in [-0.1, -0.05) is 13.8 Å². The van der Waals surface area contributed by atoms with Gasteiger partial charge in [-0.15, -0.1) is 0 Å². The molecule has 0 unspecified atom stereocenters. The number of ketones is 1. The number of fused-ring (bicyclic) bond motifs is 2. The van der Waals surface area contributed by atoms with Crippen LogP contribution in [0.2, 0.25) is 0 Å². The molecule has 2 fully saturated rings. The lowest BCUT2D eigenvalue weighted by Crippen LogP contribution is -2.38. The van der Waals surface area contributed by atoms with Gasteiger partial charge < -0.3 is 0 Å². The van der Waals surface area contributed by atoms with E-state index in [2.05, 4.69) is 13.8 Å². The van der Waals surface area contributed by atoms with Crippen LogP contribution in [0.4, 0.5) is 0 Å². The summed E-state index contributed by atoms with van der Waals surface area (Å²) in [6, 6.07) is 0. The third-order valence-corrected chi connectivity index (χ3v) is 4.73. The number of hydrogen-bond donors (Lipinski definition) is 0. The maximum atomic E-state index is 11.6. The van der Waals surface area contributed by atoms with Gasteiger partial charge in [0.15, 0.2) is 0 Å². The van der Waals surface area contributed by atoms with Gasteiger partial charge in [0.2, 0.25) is 0 Å². The van der Waals surface area contributed by atoms with Gasteiger partial charge in [-0.3, -0.25) is 4.79 Å². The molecule has 0 saturated heterocycles. The van der Waals surface area contributed by atoms with Crippen molar-refractivity contribution in [1.82, 2.24) is 0 Å². The summed E-state index contributed by atoms with van der Waals surface area (Å²) >= 11 is 0. The quantitative estimate of drug-likeness (QED) is 0.585. The Bertz CT molecular complexity index is 217. The molecule has 0 aliphatic heterocycles. The third-order valence-electron chi connectivity index (χ3n) is 4.73. The fraction of sp³-hybridized carbons (Fsp3) is 0.909. The average molecular weight is 166 g/mol. The molecular weight excluding hydrogens is 148 g/mol. The molecule has 2 aliphatic carbocycles. The molecule has 0 radical (unpaired) electrons. The highest BCUT2D eigenvalue weighted by Crippen LogP contribution is 2.59. The summed E-state index contributed by atoms with van der Waals surface area (Å²) in [5, 5.41) is 0. The van der Waals surface area contributed by atoms with Crippen molar-refractivity contribution in [3.8, 4) is 0 Å². The SMILES string of the molecule is CC(=O)[C@@]1(C)[C@H]2CC[C@H](C2)[C@@H]1C. The Labute approximate surface area is 74.5 Å². The second kappa shape index (κ2) is 2.34. The van der Waals surface area contributed by atoms with E-state index in [0.717, 1.165) is 5.92 Å². The smallest absolute Gasteiger partial charge is 0.136 e. The number of rotatable bonds is 1. The summed E-state index contributed by atoms with van der Waals surface area (Å²) in [6.45, 7) is 6.23. The molecule has 0 heterocycles. The van der Waals surface area contributed by atoms with Gasteiger partial charge in [0.1, 0.15) is 5.78 Å². The molecular formula is C11H18O. The molecule has 0 aromatic rings. The summed E-state index contributed by atoms with van der Waals surface area (Å²) in [5.74, 6) is 2.61. The molecule has 2 bridgehead atoms. The number of carbonyl (C=O) groups is 1. The third kappa shape index (κ3) is 0.773. The van der Waals surface area contributed by atoms with Gasteiger partial charge in [0.05, 0.1) is 0 Å². The largest absolute Gasteiger partial charge is 0.299 e. The van der Waals surface area contributed by atoms with Gasteiger partial charge >= 0.3 is 0 Å². The lowest BCUT2D eigenvalue weighted by Gasteiger charge is -2.37. The van der Waals surface area contributed by atoms with E-state index < -0.39 is 0 Å². The van der Waals surface area contributed by atoms with E-state index >= 15 is 0 Å². The van der Waals surface area contributed by atoms with Crippen LogP contribution >= 0.6 is 0 Å². The first kappa shape index (κ1) is 8.28. The zero-order valence-electron chi connectivity index (χ0n) is 8.26. The second-order valence-corrected chi connectivity index (χ2v) is 4.90. The van der Waals surface area contributed by atoms with Crippen molar-refractivity contribution in [3.05, 3.63) is 0 Å². The van der Waals surface area contributed by atoms with E-state index in [1.165, 1.54) is 19.3 Å². The molecule has 0 aromatic carbocycles. The van der Waals surface area contributed by atoms with Crippen LogP contribution in [0.25, 0.3) is 0 Å². The van der Waals surface area contributed by atoms with Crippen molar-refractivity contribution in [3.63, 3.8) is 0 Å². The first-order chi connectivity index (χ1) is 5.56. The van der Waals surface area contributed by atoms with E-state index in [-0.39, 0.29) is 5.41 Å². The van der Waals surface area contributed by atoms with Crippen LogP contribution in [0.15, 0.2) is 0 Å². The van der Waals surface area contributed by atoms with Crippen LogP contribution in [0, 0.1) is 23.2 Å². The molecule has 1 nitrogen and oxygen atoms in total. The predicted octanol–water partition coefficient (Wildman–Crippen LogP) is 2.65. The molecule has 2 saturated carbocycles. The minimum atomic E-state index is 0.0307. The molecule has 4 atom stereocenters. The standard InChI is InChI=1S/C11H18O/c1-7-9-4-5-10(6-9)11(7,3)8(2)12/h7,9-10H,4-6H2,1-3H3/t7-,9+,10-,11-/m0/s1. The van der Waals surface area contributed by atoms with Gasteiger partial charge in [0, 0.05) is 5.41 Å². The summed E-state index contributed by atoms with van der Waals surface area (Å²) in [5.41, 5.74) is 0.0307. The number of carbonyl (C=O) groups excluding carboxylic acids is 1. The number of Topliss-reactive ketones (excluding diaryl/α,β-unsaturated/α-hetero) is 1. The van der Waals surface area contributed by atoms with Crippen molar-refractivity contribution in [1.29, 1.82) is 0 Å². The maximum Gasteiger partial charge on any atom is 0.136 e. The topological polar surface area (TPSA) is 17.1 Å². The van der Waals surface area contributed by atoms with Crippen LogP contribution < -0.4 is 0 Å². The van der Waals surface area contributed by atoms with Crippen LogP contribution in [-0.4, -0.2) is 5.78 Å². The lowest BCUT2D eigenvalue weighted by molar-refractivity contribution is -0.131. The van der Waals surface area contributed by atoms with Gasteiger partial charge in [-0.25, -0.2) is 0 Å². The first-order valence-corrected chi connectivity index (χ1v) is 5.08. The van der Waals surface area contributed by atoms with Crippen molar-refractivity contribution < 1.29 is 4.79 Å². The summed E-state index contributed by atoms with van der Waals surface area (Å²) < 4.78 is 0. The van der Waals surface area contributed by atoms with Crippen LogP contribution in [-0.2, 0) is 4.79 Å². The van der Waals surface area contributed by atoms with Crippen LogP contribution in [0.5, 0.6) is 0 Å². The van der Waals surface area contributed by atoms with Crippen molar-refractivity contribution >= 4 is 5.78 Å². The molecule has 2 aliphatic rings. The molecule has 68 valence electrons. The van der Waals surface area contributed by atoms with E-state index in [4.69, 9.17) is 0 Å². The van der Waals surface area contributed by atoms with Gasteiger partial charge in [-0.05, 0) is 43.9 Å². The summed E-state index contributed by atoms with van der Waals surface area (Å²) in [7, 11) is 0. The fourth-order valence-corrected chi connectivity index (χ4v) is 3.48. The van der Waals surface area contributed by atoms with Crippen LogP contribution in [0.3, 0.4) is 0 Å². The highest BCUT2D eigenvalue weighted by Gasteiger charge is 2.55. The molecule has 0 aromatic heterocycles. The van der Waals surface area contributed by atoms with Crippen molar-refractivity contribution in [2.24, 2.45) is 23.2 Å². The Morgan fingerprint density at radius 1 is 1.42 bits per heavy atom. The zero-order valence-corrected chi connectivity index (χ0v) is 8.26. The Kier molecular flexibility index (Phi) is 1.61. The molecule has 0 spiro atoms. The van der Waals surface area contributed by atoms with Crippen molar-refractivity contribution in [2.45, 2.75) is 40.0 Å². The normalized spacial score (nSPS) is 51.4. The molecule has 2 rings (SSSR count). The Hall–Kier alpha value is -0.330. The van der Waals surface area contributed by atoms with Crippen LogP contribution in [0.1, 0.15) is 40.0 Å². The highest BCUT2D eigenvalue weighted by molar-refractivity contribution is 5.83. The fourth-order valence-electron chi connectivity index (χ4n) is 3.48. The predicted molar refractivity (Wildman–Crippen MR) is 48.8 cm³/mol. The highest BCUT2D eigenvalue weighted by atomic mass is 16.1. The Morgan fingerprint density at radius 3 is 2.42 bits per heavy atom. The number of hydrogen-bond acceptors (Lipinski definition) is 1. The monoisotopic (exact) mass is 166 g/mol. The van der Waals surface area contributed by atoms with E-state index in [9.17, 15) is 4.79 Å². The molecule has 1 heteroatoms. The lowest BCUT2D eigenvalue weighted by atomic mass is 9.66. The molecule has 0 amide bonds. The Morgan fingerprint density at radius 2 is 2.08 bits per heavy atom. The zero-order chi connectivity index (χ0) is 8.93. The van der Waals surface area contributed by atoms with E-state index in [1.807, 2.05) is 0 Å². The maximum absolute atomic E-state index is 11.6. The van der Waals surface area contributed by atoms with Gasteiger partial charge in [0.25, 0.3) is 0 Å². The minimum Gasteiger partial charge on any atom is -0.299 e. The minimum absolute atomic E-state index is 0.0307. The average Bonchev–Trinajstić information content (AvgIpc) is 2.55. The second-order valence-electron chi connectivity index (χ2n) is 4.90. The van der Waals surface area contributed by atoms with E-state index in [0.29, 0.717) is 17.6 Å². The van der Waals surface area contributed by atoms with Gasteiger partial charge in [-0.2, -0.15) is 0 Å². The molecule has 0 N–H and O–H groups in total. The van der Waals surface area contributed by atoms with E-state index in [1.54, 1.807) is 6.92 Å². The molecule has 12 heavy (non-hydrogen) atoms. The summed E-state index contributed by atoms with van der Waals surface area (Å²) in [4.78, 5) is 11.6. The Balaban J connectivity index is 2.32. The van der Waals surface area contributed by atoms with Crippen molar-refractivity contribution in [2.75, 3.05) is 0 Å². The summed E-state index contributed by atoms with van der Waals surface area (Å²) in [6.07, 6.45) is 3.98. The first-order valence-electron chi connectivity index (χ1n) is 5.08.